The van der Waals surface area contributed by atoms with E-state index in [2.05, 4.69) is 33.4 Å². The van der Waals surface area contributed by atoms with Gasteiger partial charge >= 0.3 is 0 Å². The third-order valence-electron chi connectivity index (χ3n) is 2.49. The van der Waals surface area contributed by atoms with Gasteiger partial charge in [-0.25, -0.2) is 0 Å². The van der Waals surface area contributed by atoms with E-state index in [4.69, 9.17) is 4.74 Å². The fourth-order valence-electron chi connectivity index (χ4n) is 1.60. The van der Waals surface area contributed by atoms with Crippen molar-refractivity contribution in [2.24, 2.45) is 0 Å². The van der Waals surface area contributed by atoms with Crippen LogP contribution in [-0.4, -0.2) is 7.11 Å². The Morgan fingerprint density at radius 1 is 1.12 bits per heavy atom. The minimum atomic E-state index is 0.791. The summed E-state index contributed by atoms with van der Waals surface area (Å²) < 4.78 is 6.34. The molecule has 0 spiro atoms. The van der Waals surface area contributed by atoms with Crippen molar-refractivity contribution in [3.05, 3.63) is 58.6 Å². The highest BCUT2D eigenvalue weighted by molar-refractivity contribution is 9.10. The molecule has 2 aromatic carbocycles. The molecule has 17 heavy (non-hydrogen) atoms. The Morgan fingerprint density at radius 3 is 2.59 bits per heavy atom. The second-order valence-electron chi connectivity index (χ2n) is 3.68. The van der Waals surface area contributed by atoms with Gasteiger partial charge in [-0.2, -0.15) is 0 Å². The summed E-state index contributed by atoms with van der Waals surface area (Å²) in [7, 11) is 1.68. The van der Waals surface area contributed by atoms with Gasteiger partial charge < -0.3 is 10.1 Å². The van der Waals surface area contributed by atoms with Crippen molar-refractivity contribution in [1.82, 2.24) is 0 Å². The van der Waals surface area contributed by atoms with E-state index in [-0.39, 0.29) is 0 Å². The monoisotopic (exact) mass is 291 g/mol. The summed E-state index contributed by atoms with van der Waals surface area (Å²) >= 11 is 3.43. The van der Waals surface area contributed by atoms with Crippen LogP contribution in [0.15, 0.2) is 53.0 Å². The molecule has 3 heteroatoms. The van der Waals surface area contributed by atoms with Gasteiger partial charge in [0.15, 0.2) is 0 Å². The van der Waals surface area contributed by atoms with Crippen molar-refractivity contribution in [3.63, 3.8) is 0 Å². The quantitative estimate of drug-likeness (QED) is 0.917. The smallest absolute Gasteiger partial charge is 0.143 e. The predicted octanol–water partition coefficient (Wildman–Crippen LogP) is 4.07. The van der Waals surface area contributed by atoms with Crippen molar-refractivity contribution in [2.45, 2.75) is 6.54 Å². The average molecular weight is 292 g/mol. The molecule has 0 saturated carbocycles. The molecule has 0 aliphatic carbocycles. The molecule has 0 bridgehead atoms. The SMILES string of the molecule is COc1cc(Br)ccc1NCc1ccccc1. The maximum atomic E-state index is 5.32. The Balaban J connectivity index is 2.09. The van der Waals surface area contributed by atoms with E-state index in [1.165, 1.54) is 5.56 Å². The number of hydrogen-bond acceptors (Lipinski definition) is 2. The van der Waals surface area contributed by atoms with Crippen LogP contribution in [0.4, 0.5) is 5.69 Å². The second kappa shape index (κ2) is 5.73. The number of hydrogen-bond donors (Lipinski definition) is 1. The van der Waals surface area contributed by atoms with Gasteiger partial charge in [-0.3, -0.25) is 0 Å². The minimum Gasteiger partial charge on any atom is -0.495 e. The first-order chi connectivity index (χ1) is 8.29. The Bertz CT molecular complexity index is 485. The normalized spacial score (nSPS) is 10.0. The third kappa shape index (κ3) is 3.24. The van der Waals surface area contributed by atoms with Crippen molar-refractivity contribution in [3.8, 4) is 5.75 Å². The summed E-state index contributed by atoms with van der Waals surface area (Å²) in [6.45, 7) is 0.791. The molecule has 0 aliphatic rings. The predicted molar refractivity (Wildman–Crippen MR) is 74.5 cm³/mol. The molecule has 0 saturated heterocycles. The zero-order valence-electron chi connectivity index (χ0n) is 9.61. The average Bonchev–Trinajstić information content (AvgIpc) is 2.38. The third-order valence-corrected chi connectivity index (χ3v) is 2.98. The molecule has 0 aromatic heterocycles. The molecule has 2 aromatic rings. The molecule has 0 amide bonds. The van der Waals surface area contributed by atoms with Crippen molar-refractivity contribution >= 4 is 21.6 Å². The summed E-state index contributed by atoms with van der Waals surface area (Å²) in [6, 6.07) is 16.2. The van der Waals surface area contributed by atoms with E-state index in [1.54, 1.807) is 7.11 Å². The molecule has 1 N–H and O–H groups in total. The van der Waals surface area contributed by atoms with Gasteiger partial charge in [0.05, 0.1) is 12.8 Å². The highest BCUT2D eigenvalue weighted by atomic mass is 79.9. The molecule has 0 unspecified atom stereocenters. The number of nitrogens with one attached hydrogen (secondary N) is 1. The van der Waals surface area contributed by atoms with Gasteiger partial charge in [-0.1, -0.05) is 46.3 Å². The van der Waals surface area contributed by atoms with Crippen LogP contribution in [0.1, 0.15) is 5.56 Å². The molecular weight excluding hydrogens is 278 g/mol. The zero-order chi connectivity index (χ0) is 12.1. The van der Waals surface area contributed by atoms with Crippen LogP contribution >= 0.6 is 15.9 Å². The fraction of sp³-hybridized carbons (Fsp3) is 0.143. The summed E-state index contributed by atoms with van der Waals surface area (Å²) in [6.07, 6.45) is 0. The Morgan fingerprint density at radius 2 is 1.88 bits per heavy atom. The summed E-state index contributed by atoms with van der Waals surface area (Å²) in [5.41, 5.74) is 2.25. The van der Waals surface area contributed by atoms with Crippen molar-refractivity contribution < 1.29 is 4.74 Å². The topological polar surface area (TPSA) is 21.3 Å². The molecule has 2 nitrogen and oxygen atoms in total. The summed E-state index contributed by atoms with van der Waals surface area (Å²) in [5.74, 6) is 0.843. The Kier molecular flexibility index (Phi) is 4.04. The number of rotatable bonds is 4. The lowest BCUT2D eigenvalue weighted by atomic mass is 10.2. The van der Waals surface area contributed by atoms with Crippen LogP contribution in [0, 0.1) is 0 Å². The first-order valence-electron chi connectivity index (χ1n) is 5.41. The van der Waals surface area contributed by atoms with Crippen LogP contribution < -0.4 is 10.1 Å². The maximum Gasteiger partial charge on any atom is 0.143 e. The van der Waals surface area contributed by atoms with Crippen LogP contribution in [-0.2, 0) is 6.54 Å². The first-order valence-corrected chi connectivity index (χ1v) is 6.20. The zero-order valence-corrected chi connectivity index (χ0v) is 11.2. The van der Waals surface area contributed by atoms with Gasteiger partial charge in [-0.15, -0.1) is 0 Å². The first kappa shape index (κ1) is 12.0. The lowest BCUT2D eigenvalue weighted by Gasteiger charge is -2.11. The minimum absolute atomic E-state index is 0.791. The van der Waals surface area contributed by atoms with E-state index in [9.17, 15) is 0 Å². The van der Waals surface area contributed by atoms with Gasteiger partial charge in [-0.05, 0) is 23.8 Å². The number of halogens is 1. The fourth-order valence-corrected chi connectivity index (χ4v) is 1.94. The van der Waals surface area contributed by atoms with Gasteiger partial charge in [0.25, 0.3) is 0 Å². The molecule has 0 radical (unpaired) electrons. The molecule has 0 atom stereocenters. The lowest BCUT2D eigenvalue weighted by molar-refractivity contribution is 0.416. The lowest BCUT2D eigenvalue weighted by Crippen LogP contribution is -2.01. The Labute approximate surface area is 110 Å². The van der Waals surface area contributed by atoms with Crippen LogP contribution in [0.5, 0.6) is 5.75 Å². The summed E-state index contributed by atoms with van der Waals surface area (Å²) in [5, 5.41) is 3.36. The van der Waals surface area contributed by atoms with E-state index in [0.29, 0.717) is 0 Å². The largest absolute Gasteiger partial charge is 0.495 e. The van der Waals surface area contributed by atoms with Crippen LogP contribution in [0.25, 0.3) is 0 Å². The molecule has 0 fully saturated rings. The highest BCUT2D eigenvalue weighted by Gasteiger charge is 2.02. The van der Waals surface area contributed by atoms with Gasteiger partial charge in [0.1, 0.15) is 5.75 Å². The van der Waals surface area contributed by atoms with Gasteiger partial charge in [0.2, 0.25) is 0 Å². The number of ether oxygens (including phenoxy) is 1. The number of methoxy groups -OCH3 is 1. The van der Waals surface area contributed by atoms with Gasteiger partial charge in [0, 0.05) is 11.0 Å². The van der Waals surface area contributed by atoms with E-state index >= 15 is 0 Å². The number of benzene rings is 2. The second-order valence-corrected chi connectivity index (χ2v) is 4.60. The molecule has 0 aliphatic heterocycles. The van der Waals surface area contributed by atoms with E-state index in [1.807, 2.05) is 36.4 Å². The maximum absolute atomic E-state index is 5.32. The standard InChI is InChI=1S/C14H14BrNO/c1-17-14-9-12(15)7-8-13(14)16-10-11-5-3-2-4-6-11/h2-9,16H,10H2,1H3. The van der Waals surface area contributed by atoms with Crippen molar-refractivity contribution in [1.29, 1.82) is 0 Å². The molecule has 88 valence electrons. The molecule has 2 rings (SSSR count). The van der Waals surface area contributed by atoms with E-state index < -0.39 is 0 Å². The highest BCUT2D eigenvalue weighted by Crippen LogP contribution is 2.28. The summed E-state index contributed by atoms with van der Waals surface area (Å²) in [4.78, 5) is 0. The van der Waals surface area contributed by atoms with Crippen LogP contribution in [0.2, 0.25) is 0 Å². The van der Waals surface area contributed by atoms with E-state index in [0.717, 1.165) is 22.5 Å². The molecular formula is C14H14BrNO. The molecule has 0 heterocycles. The Hall–Kier alpha value is -1.48. The van der Waals surface area contributed by atoms with Crippen molar-refractivity contribution in [2.75, 3.05) is 12.4 Å². The number of anilines is 1. The van der Waals surface area contributed by atoms with Crippen LogP contribution in [0.3, 0.4) is 0 Å².